The van der Waals surface area contributed by atoms with Crippen LogP contribution in [0.25, 0.3) is 0 Å². The lowest BCUT2D eigenvalue weighted by molar-refractivity contribution is -0.168. The molecule has 130 valence electrons. The number of ketones is 2. The Balaban J connectivity index is 1.86. The largest absolute Gasteiger partial charge is 0.382 e. The van der Waals surface area contributed by atoms with Gasteiger partial charge in [-0.2, -0.15) is 0 Å². The molecule has 0 unspecified atom stereocenters. The maximum Gasteiger partial charge on any atom is 0.170 e. The van der Waals surface area contributed by atoms with Gasteiger partial charge >= 0.3 is 0 Å². The van der Waals surface area contributed by atoms with Gasteiger partial charge in [-0.3, -0.25) is 9.59 Å². The normalized spacial score (nSPS) is 37.0. The molecule has 4 heteroatoms. The van der Waals surface area contributed by atoms with Gasteiger partial charge in [-0.05, 0) is 38.2 Å². The molecule has 4 atom stereocenters. The zero-order chi connectivity index (χ0) is 17.4. The fourth-order valence-electron chi connectivity index (χ4n) is 4.17. The molecule has 2 saturated carbocycles. The summed E-state index contributed by atoms with van der Waals surface area (Å²) in [4.78, 5) is 25.6. The monoisotopic (exact) mass is 330 g/mol. The molecule has 2 aliphatic rings. The van der Waals surface area contributed by atoms with Gasteiger partial charge in [-0.1, -0.05) is 37.3 Å². The van der Waals surface area contributed by atoms with Gasteiger partial charge in [0.25, 0.3) is 0 Å². The van der Waals surface area contributed by atoms with Crippen molar-refractivity contribution >= 4 is 11.6 Å². The predicted octanol–water partition coefficient (Wildman–Crippen LogP) is 3.06. The average molecular weight is 330 g/mol. The standard InChI is InChI=1S/C20H26O4/c1-19-11-12-20(2,23)18(22)17(19)15(9-6-10-16(19)21)24-13-14-7-4-3-5-8-14/h3-5,7-8,15,17,23H,6,9-13H2,1-2H3/t15-,17-,19-,20+/m0/s1. The fourth-order valence-corrected chi connectivity index (χ4v) is 4.17. The Morgan fingerprint density at radius 2 is 1.88 bits per heavy atom. The lowest BCUT2D eigenvalue weighted by Gasteiger charge is -2.46. The molecule has 0 radical (unpaired) electrons. The molecule has 2 aliphatic carbocycles. The quantitative estimate of drug-likeness (QED) is 0.925. The summed E-state index contributed by atoms with van der Waals surface area (Å²) < 4.78 is 6.11. The van der Waals surface area contributed by atoms with Gasteiger partial charge in [0.1, 0.15) is 11.4 Å². The van der Waals surface area contributed by atoms with E-state index in [0.717, 1.165) is 12.0 Å². The molecule has 1 aromatic rings. The van der Waals surface area contributed by atoms with E-state index in [-0.39, 0.29) is 17.7 Å². The SMILES string of the molecule is C[C@@]12CC[C@@](C)(O)C(=O)[C@@H]1[C@@H](OCc1ccccc1)CCCC2=O. The number of Topliss-reactive ketones (excluding diaryl/α,β-unsaturated/α-hetero) is 2. The van der Waals surface area contributed by atoms with Gasteiger partial charge in [0.05, 0.1) is 18.6 Å². The molecule has 0 amide bonds. The van der Waals surface area contributed by atoms with Crippen molar-refractivity contribution in [3.8, 4) is 0 Å². The smallest absolute Gasteiger partial charge is 0.170 e. The van der Waals surface area contributed by atoms with Crippen molar-refractivity contribution in [3.05, 3.63) is 35.9 Å². The lowest BCUT2D eigenvalue weighted by Crippen LogP contribution is -2.57. The van der Waals surface area contributed by atoms with Crippen molar-refractivity contribution in [1.82, 2.24) is 0 Å². The first-order valence-corrected chi connectivity index (χ1v) is 8.80. The second-order valence-electron chi connectivity index (χ2n) is 7.68. The van der Waals surface area contributed by atoms with Crippen molar-refractivity contribution in [2.24, 2.45) is 11.3 Å². The summed E-state index contributed by atoms with van der Waals surface area (Å²) >= 11 is 0. The highest BCUT2D eigenvalue weighted by Gasteiger charge is 2.57. The van der Waals surface area contributed by atoms with E-state index in [4.69, 9.17) is 4.74 Å². The molecule has 0 heterocycles. The first-order valence-electron chi connectivity index (χ1n) is 8.80. The Kier molecular flexibility index (Phi) is 4.63. The van der Waals surface area contributed by atoms with E-state index in [2.05, 4.69) is 0 Å². The number of fused-ring (bicyclic) bond motifs is 1. The van der Waals surface area contributed by atoms with Gasteiger partial charge < -0.3 is 9.84 Å². The Hall–Kier alpha value is -1.52. The highest BCUT2D eigenvalue weighted by atomic mass is 16.5. The van der Waals surface area contributed by atoms with E-state index in [1.807, 2.05) is 37.3 Å². The second kappa shape index (κ2) is 6.41. The van der Waals surface area contributed by atoms with Crippen LogP contribution in [-0.4, -0.2) is 28.4 Å². The van der Waals surface area contributed by atoms with E-state index < -0.39 is 16.9 Å². The first kappa shape index (κ1) is 17.3. The molecule has 0 saturated heterocycles. The highest BCUT2D eigenvalue weighted by Crippen LogP contribution is 2.49. The summed E-state index contributed by atoms with van der Waals surface area (Å²) in [6.07, 6.45) is 2.48. The van der Waals surface area contributed by atoms with Gasteiger partial charge in [0.15, 0.2) is 5.78 Å². The van der Waals surface area contributed by atoms with Gasteiger partial charge in [0.2, 0.25) is 0 Å². The molecule has 3 rings (SSSR count). The molecule has 0 aliphatic heterocycles. The number of carbonyl (C=O) groups is 2. The first-order chi connectivity index (χ1) is 11.3. The van der Waals surface area contributed by atoms with E-state index in [9.17, 15) is 14.7 Å². The summed E-state index contributed by atoms with van der Waals surface area (Å²) in [5.74, 6) is -0.647. The van der Waals surface area contributed by atoms with Crippen LogP contribution in [0.15, 0.2) is 30.3 Å². The van der Waals surface area contributed by atoms with Crippen molar-refractivity contribution < 1.29 is 19.4 Å². The Bertz CT molecular complexity index is 622. The Labute approximate surface area is 143 Å². The van der Waals surface area contributed by atoms with E-state index in [1.165, 1.54) is 0 Å². The van der Waals surface area contributed by atoms with Crippen LogP contribution in [-0.2, 0) is 20.9 Å². The minimum Gasteiger partial charge on any atom is -0.382 e. The summed E-state index contributed by atoms with van der Waals surface area (Å²) in [6.45, 7) is 3.87. The second-order valence-corrected chi connectivity index (χ2v) is 7.68. The number of ether oxygens (including phenoxy) is 1. The van der Waals surface area contributed by atoms with E-state index in [0.29, 0.717) is 32.3 Å². The van der Waals surface area contributed by atoms with Crippen molar-refractivity contribution in [2.45, 2.75) is 64.3 Å². The molecule has 1 aromatic carbocycles. The minimum atomic E-state index is -1.36. The van der Waals surface area contributed by atoms with Crippen molar-refractivity contribution in [1.29, 1.82) is 0 Å². The van der Waals surface area contributed by atoms with Crippen LogP contribution in [0.3, 0.4) is 0 Å². The van der Waals surface area contributed by atoms with Crippen LogP contribution in [0, 0.1) is 11.3 Å². The number of aliphatic hydroxyl groups is 1. The number of carbonyl (C=O) groups excluding carboxylic acids is 2. The summed E-state index contributed by atoms with van der Waals surface area (Å²) in [5.41, 5.74) is -1.02. The summed E-state index contributed by atoms with van der Waals surface area (Å²) in [7, 11) is 0. The summed E-state index contributed by atoms with van der Waals surface area (Å²) in [5, 5.41) is 10.5. The average Bonchev–Trinajstić information content (AvgIpc) is 2.68. The lowest BCUT2D eigenvalue weighted by atomic mass is 9.59. The minimum absolute atomic E-state index is 0.141. The maximum absolute atomic E-state index is 12.9. The van der Waals surface area contributed by atoms with E-state index in [1.54, 1.807) is 6.92 Å². The molecule has 2 fully saturated rings. The van der Waals surface area contributed by atoms with Gasteiger partial charge in [-0.15, -0.1) is 0 Å². The zero-order valence-corrected chi connectivity index (χ0v) is 14.5. The Morgan fingerprint density at radius 1 is 1.17 bits per heavy atom. The van der Waals surface area contributed by atoms with Crippen LogP contribution >= 0.6 is 0 Å². The van der Waals surface area contributed by atoms with Crippen LogP contribution in [0.1, 0.15) is 51.5 Å². The number of hydrogen-bond donors (Lipinski definition) is 1. The maximum atomic E-state index is 12.9. The third kappa shape index (κ3) is 3.05. The molecule has 0 aromatic heterocycles. The van der Waals surface area contributed by atoms with Crippen LogP contribution in [0.5, 0.6) is 0 Å². The van der Waals surface area contributed by atoms with E-state index >= 15 is 0 Å². The van der Waals surface area contributed by atoms with Crippen molar-refractivity contribution in [2.75, 3.05) is 0 Å². The predicted molar refractivity (Wildman–Crippen MR) is 90.3 cm³/mol. The number of hydrogen-bond acceptors (Lipinski definition) is 4. The molecule has 4 nitrogen and oxygen atoms in total. The third-order valence-corrected chi connectivity index (χ3v) is 5.84. The number of rotatable bonds is 3. The molecule has 0 spiro atoms. The highest BCUT2D eigenvalue weighted by molar-refractivity contribution is 5.98. The molecular weight excluding hydrogens is 304 g/mol. The van der Waals surface area contributed by atoms with Crippen LogP contribution in [0.4, 0.5) is 0 Å². The molecular formula is C20H26O4. The zero-order valence-electron chi connectivity index (χ0n) is 14.5. The third-order valence-electron chi connectivity index (χ3n) is 5.84. The van der Waals surface area contributed by atoms with Gasteiger partial charge in [-0.25, -0.2) is 0 Å². The van der Waals surface area contributed by atoms with Gasteiger partial charge in [0, 0.05) is 11.8 Å². The number of benzene rings is 1. The molecule has 24 heavy (non-hydrogen) atoms. The molecule has 1 N–H and O–H groups in total. The van der Waals surface area contributed by atoms with Crippen molar-refractivity contribution in [3.63, 3.8) is 0 Å². The molecule has 0 bridgehead atoms. The van der Waals surface area contributed by atoms with Crippen LogP contribution in [0.2, 0.25) is 0 Å². The van der Waals surface area contributed by atoms with Crippen LogP contribution < -0.4 is 0 Å². The topological polar surface area (TPSA) is 63.6 Å². The Morgan fingerprint density at radius 3 is 2.58 bits per heavy atom. The summed E-state index contributed by atoms with van der Waals surface area (Å²) in [6, 6.07) is 9.83. The fraction of sp³-hybridized carbons (Fsp3) is 0.600.